The van der Waals surface area contributed by atoms with Gasteiger partial charge in [0.1, 0.15) is 5.56 Å². The lowest BCUT2D eigenvalue weighted by Crippen LogP contribution is -2.22. The zero-order valence-electron chi connectivity index (χ0n) is 11.7. The van der Waals surface area contributed by atoms with Gasteiger partial charge in [-0.25, -0.2) is 0 Å². The van der Waals surface area contributed by atoms with Crippen LogP contribution in [0.2, 0.25) is 0 Å². The number of carbonyl (C=O) groups excluding carboxylic acids is 1. The molecule has 0 fully saturated rings. The second-order valence-corrected chi connectivity index (χ2v) is 4.88. The topological polar surface area (TPSA) is 88.0 Å². The van der Waals surface area contributed by atoms with E-state index < -0.39 is 5.91 Å². The number of amides is 1. The van der Waals surface area contributed by atoms with E-state index in [1.165, 1.54) is 12.3 Å². The van der Waals surface area contributed by atoms with Gasteiger partial charge in [0.25, 0.3) is 5.91 Å². The van der Waals surface area contributed by atoms with Crippen LogP contribution < -0.4 is 16.5 Å². The first kappa shape index (κ1) is 13.9. The molecule has 0 aliphatic carbocycles. The molecule has 0 bridgehead atoms. The van der Waals surface area contributed by atoms with Crippen LogP contribution in [0.3, 0.4) is 0 Å². The minimum atomic E-state index is -0.428. The number of hydrogen-bond donors (Lipinski definition) is 3. The molecule has 1 amide bonds. The number of benzene rings is 1. The number of nitrogens with one attached hydrogen (secondary N) is 2. The third-order valence-corrected chi connectivity index (χ3v) is 3.10. The van der Waals surface area contributed by atoms with Gasteiger partial charge in [-0.15, -0.1) is 0 Å². The summed E-state index contributed by atoms with van der Waals surface area (Å²) in [4.78, 5) is 26.8. The fourth-order valence-corrected chi connectivity index (χ4v) is 2.13. The Morgan fingerprint density at radius 2 is 1.75 bits per heavy atom. The largest absolute Gasteiger partial charge is 0.399 e. The number of carbonyl (C=O) groups is 1. The highest BCUT2D eigenvalue weighted by Gasteiger charge is 2.13. The maximum Gasteiger partial charge on any atom is 0.261 e. The van der Waals surface area contributed by atoms with Gasteiger partial charge < -0.3 is 16.0 Å². The highest BCUT2D eigenvalue weighted by Crippen LogP contribution is 2.23. The standard InChI is InChI=1S/C15H17N3O2/c1-8-4-11(16)5-9(2)14(8)18-15(20)12-7-17-10(3)6-13(12)19/h4-7H,16H2,1-3H3,(H,17,19)(H,18,20). The van der Waals surface area contributed by atoms with Crippen LogP contribution in [-0.4, -0.2) is 10.9 Å². The average Bonchev–Trinajstić information content (AvgIpc) is 2.33. The lowest BCUT2D eigenvalue weighted by Gasteiger charge is -2.12. The highest BCUT2D eigenvalue weighted by molar-refractivity contribution is 6.04. The highest BCUT2D eigenvalue weighted by atomic mass is 16.2. The number of aryl methyl sites for hydroxylation is 3. The van der Waals surface area contributed by atoms with Gasteiger partial charge in [-0.3, -0.25) is 9.59 Å². The number of pyridine rings is 1. The van der Waals surface area contributed by atoms with Crippen LogP contribution in [0, 0.1) is 20.8 Å². The summed E-state index contributed by atoms with van der Waals surface area (Å²) in [7, 11) is 0. The van der Waals surface area contributed by atoms with Crippen molar-refractivity contribution in [3.8, 4) is 0 Å². The predicted molar refractivity (Wildman–Crippen MR) is 80.1 cm³/mol. The van der Waals surface area contributed by atoms with Gasteiger partial charge in [0.05, 0.1) is 0 Å². The molecule has 0 spiro atoms. The molecular formula is C15H17N3O2. The van der Waals surface area contributed by atoms with Crippen LogP contribution in [0.4, 0.5) is 11.4 Å². The van der Waals surface area contributed by atoms with Crippen molar-refractivity contribution >= 4 is 17.3 Å². The third-order valence-electron chi connectivity index (χ3n) is 3.10. The fourth-order valence-electron chi connectivity index (χ4n) is 2.13. The van der Waals surface area contributed by atoms with Crippen molar-refractivity contribution in [2.75, 3.05) is 11.1 Å². The Morgan fingerprint density at radius 3 is 2.30 bits per heavy atom. The first-order chi connectivity index (χ1) is 9.38. The van der Waals surface area contributed by atoms with E-state index in [1.807, 2.05) is 13.8 Å². The van der Waals surface area contributed by atoms with Crippen LogP contribution in [0.25, 0.3) is 0 Å². The van der Waals surface area contributed by atoms with E-state index in [-0.39, 0.29) is 11.0 Å². The number of rotatable bonds is 2. The number of anilines is 2. The number of nitrogen functional groups attached to an aromatic ring is 1. The summed E-state index contributed by atoms with van der Waals surface area (Å²) >= 11 is 0. The lowest BCUT2D eigenvalue weighted by atomic mass is 10.1. The third kappa shape index (κ3) is 2.71. The number of hydrogen-bond acceptors (Lipinski definition) is 3. The molecule has 2 rings (SSSR count). The van der Waals surface area contributed by atoms with Gasteiger partial charge in [-0.2, -0.15) is 0 Å². The Balaban J connectivity index is 2.35. The van der Waals surface area contributed by atoms with Gasteiger partial charge in [-0.05, 0) is 44.0 Å². The minimum Gasteiger partial charge on any atom is -0.399 e. The average molecular weight is 271 g/mol. The first-order valence-electron chi connectivity index (χ1n) is 6.26. The lowest BCUT2D eigenvalue weighted by molar-refractivity contribution is 0.102. The molecule has 0 unspecified atom stereocenters. The summed E-state index contributed by atoms with van der Waals surface area (Å²) in [5, 5.41) is 2.77. The van der Waals surface area contributed by atoms with Gasteiger partial charge >= 0.3 is 0 Å². The smallest absolute Gasteiger partial charge is 0.261 e. The minimum absolute atomic E-state index is 0.0891. The summed E-state index contributed by atoms with van der Waals surface area (Å²) in [6.07, 6.45) is 1.43. The number of aromatic amines is 1. The van der Waals surface area contributed by atoms with E-state index in [1.54, 1.807) is 19.1 Å². The molecule has 1 heterocycles. The van der Waals surface area contributed by atoms with Gasteiger partial charge in [0.2, 0.25) is 0 Å². The monoisotopic (exact) mass is 271 g/mol. The Bertz CT molecular complexity index is 709. The molecule has 4 N–H and O–H groups in total. The van der Waals surface area contributed by atoms with Crippen LogP contribution >= 0.6 is 0 Å². The summed E-state index contributed by atoms with van der Waals surface area (Å²) in [5.41, 5.74) is 9.30. The second-order valence-electron chi connectivity index (χ2n) is 4.88. The molecule has 0 atom stereocenters. The van der Waals surface area contributed by atoms with Crippen molar-refractivity contribution in [3.63, 3.8) is 0 Å². The van der Waals surface area contributed by atoms with Crippen LogP contribution in [-0.2, 0) is 0 Å². The molecule has 104 valence electrons. The van der Waals surface area contributed by atoms with E-state index in [9.17, 15) is 9.59 Å². The predicted octanol–water partition coefficient (Wildman–Crippen LogP) is 2.13. The van der Waals surface area contributed by atoms with Crippen LogP contribution in [0.5, 0.6) is 0 Å². The van der Waals surface area contributed by atoms with Crippen molar-refractivity contribution in [3.05, 3.63) is 57.0 Å². The Morgan fingerprint density at radius 1 is 1.15 bits per heavy atom. The first-order valence-corrected chi connectivity index (χ1v) is 6.26. The normalized spacial score (nSPS) is 10.3. The Kier molecular flexibility index (Phi) is 3.61. The molecule has 5 nitrogen and oxygen atoms in total. The molecule has 20 heavy (non-hydrogen) atoms. The molecule has 0 aliphatic heterocycles. The van der Waals surface area contributed by atoms with Crippen molar-refractivity contribution in [2.24, 2.45) is 0 Å². The van der Waals surface area contributed by atoms with E-state index in [0.29, 0.717) is 17.1 Å². The molecule has 2 aromatic rings. The fraction of sp³-hybridized carbons (Fsp3) is 0.200. The van der Waals surface area contributed by atoms with E-state index >= 15 is 0 Å². The zero-order chi connectivity index (χ0) is 14.9. The summed E-state index contributed by atoms with van der Waals surface area (Å²) in [5.74, 6) is -0.428. The molecule has 0 saturated heterocycles. The molecule has 1 aromatic carbocycles. The Hall–Kier alpha value is -2.56. The quantitative estimate of drug-likeness (QED) is 0.731. The number of aromatic nitrogens is 1. The maximum absolute atomic E-state index is 12.2. The number of nitrogens with two attached hydrogens (primary N) is 1. The molecule has 5 heteroatoms. The molecule has 1 aromatic heterocycles. The number of H-pyrrole nitrogens is 1. The van der Waals surface area contributed by atoms with E-state index in [4.69, 9.17) is 5.73 Å². The second kappa shape index (κ2) is 5.21. The van der Waals surface area contributed by atoms with Crippen molar-refractivity contribution in [2.45, 2.75) is 20.8 Å². The van der Waals surface area contributed by atoms with Crippen molar-refractivity contribution in [1.29, 1.82) is 0 Å². The van der Waals surface area contributed by atoms with Gasteiger partial charge in [0.15, 0.2) is 5.43 Å². The molecular weight excluding hydrogens is 254 g/mol. The summed E-state index contributed by atoms with van der Waals surface area (Å²) in [6, 6.07) is 4.96. The maximum atomic E-state index is 12.2. The zero-order valence-corrected chi connectivity index (χ0v) is 11.7. The summed E-state index contributed by atoms with van der Waals surface area (Å²) < 4.78 is 0. The Labute approximate surface area is 116 Å². The van der Waals surface area contributed by atoms with E-state index in [2.05, 4.69) is 10.3 Å². The molecule has 0 radical (unpaired) electrons. The molecule has 0 aliphatic rings. The van der Waals surface area contributed by atoms with Crippen molar-refractivity contribution < 1.29 is 4.79 Å². The van der Waals surface area contributed by atoms with Crippen LogP contribution in [0.15, 0.2) is 29.2 Å². The van der Waals surface area contributed by atoms with Crippen LogP contribution in [0.1, 0.15) is 27.2 Å². The SMILES string of the molecule is Cc1cc(=O)c(C(=O)Nc2c(C)cc(N)cc2C)c[nH]1. The van der Waals surface area contributed by atoms with Gasteiger partial charge in [-0.1, -0.05) is 0 Å². The van der Waals surface area contributed by atoms with Crippen molar-refractivity contribution in [1.82, 2.24) is 4.98 Å². The molecule has 0 saturated carbocycles. The summed E-state index contributed by atoms with van der Waals surface area (Å²) in [6.45, 7) is 5.48. The van der Waals surface area contributed by atoms with Gasteiger partial charge in [0, 0.05) is 29.3 Å². The van der Waals surface area contributed by atoms with E-state index in [0.717, 1.165) is 11.1 Å².